The van der Waals surface area contributed by atoms with Crippen molar-refractivity contribution in [1.82, 2.24) is 10.3 Å². The topological polar surface area (TPSA) is 45.1 Å². The van der Waals surface area contributed by atoms with Crippen LogP contribution in [0.4, 0.5) is 0 Å². The van der Waals surface area contributed by atoms with Gasteiger partial charge in [-0.25, -0.2) is 0 Å². The van der Waals surface area contributed by atoms with Gasteiger partial charge >= 0.3 is 0 Å². The molecule has 1 aromatic rings. The maximum absolute atomic E-state index is 9.57. The molecule has 1 aromatic heterocycles. The van der Waals surface area contributed by atoms with Crippen molar-refractivity contribution < 1.29 is 5.11 Å². The van der Waals surface area contributed by atoms with Gasteiger partial charge in [0.25, 0.3) is 0 Å². The molecule has 17 heavy (non-hydrogen) atoms. The van der Waals surface area contributed by atoms with Gasteiger partial charge in [-0.2, -0.15) is 0 Å². The van der Waals surface area contributed by atoms with Crippen LogP contribution in [0, 0.1) is 0 Å². The summed E-state index contributed by atoms with van der Waals surface area (Å²) in [5.74, 6) is 0. The Morgan fingerprint density at radius 1 is 1.18 bits per heavy atom. The van der Waals surface area contributed by atoms with Gasteiger partial charge in [0.15, 0.2) is 0 Å². The first-order valence-corrected chi connectivity index (χ1v) is 6.59. The quantitative estimate of drug-likeness (QED) is 0.818. The molecule has 2 N–H and O–H groups in total. The minimum Gasteiger partial charge on any atom is -0.394 e. The van der Waals surface area contributed by atoms with Crippen molar-refractivity contribution in [2.75, 3.05) is 13.2 Å². The molecular weight excluding hydrogens is 212 g/mol. The van der Waals surface area contributed by atoms with Crippen LogP contribution in [0.2, 0.25) is 0 Å². The van der Waals surface area contributed by atoms with E-state index in [1.165, 1.54) is 24.8 Å². The average molecular weight is 234 g/mol. The van der Waals surface area contributed by atoms with Gasteiger partial charge in [0.2, 0.25) is 0 Å². The van der Waals surface area contributed by atoms with Crippen LogP contribution in [0.1, 0.15) is 37.7 Å². The maximum Gasteiger partial charge on any atom is 0.0613 e. The number of nitrogens with one attached hydrogen (secondary N) is 1. The number of aromatic nitrogens is 1. The number of rotatable bonds is 5. The summed E-state index contributed by atoms with van der Waals surface area (Å²) in [6, 6.07) is 4.10. The van der Waals surface area contributed by atoms with Crippen LogP contribution in [0.5, 0.6) is 0 Å². The number of nitrogens with zero attached hydrogens (tertiary/aromatic N) is 1. The van der Waals surface area contributed by atoms with Crippen molar-refractivity contribution in [3.63, 3.8) is 0 Å². The second-order valence-electron chi connectivity index (χ2n) is 5.03. The van der Waals surface area contributed by atoms with Crippen LogP contribution in [-0.4, -0.2) is 28.8 Å². The van der Waals surface area contributed by atoms with E-state index in [2.05, 4.69) is 10.3 Å². The van der Waals surface area contributed by atoms with Crippen molar-refractivity contribution in [2.45, 2.75) is 44.1 Å². The number of hydrogen-bond acceptors (Lipinski definition) is 3. The summed E-state index contributed by atoms with van der Waals surface area (Å²) < 4.78 is 0. The third-order valence-corrected chi connectivity index (χ3v) is 3.78. The summed E-state index contributed by atoms with van der Waals surface area (Å²) in [5, 5.41) is 13.1. The molecule has 3 nitrogen and oxygen atoms in total. The summed E-state index contributed by atoms with van der Waals surface area (Å²) in [7, 11) is 0. The summed E-state index contributed by atoms with van der Waals surface area (Å²) in [4.78, 5) is 4.01. The predicted octanol–water partition coefficient (Wildman–Crippen LogP) is 1.91. The lowest BCUT2D eigenvalue weighted by atomic mass is 9.82. The molecule has 0 radical (unpaired) electrons. The van der Waals surface area contributed by atoms with E-state index >= 15 is 0 Å². The second kappa shape index (κ2) is 6.12. The molecular formula is C14H22N2O. The van der Waals surface area contributed by atoms with Crippen LogP contribution in [-0.2, 0) is 6.42 Å². The molecule has 1 aliphatic rings. The fraction of sp³-hybridized carbons (Fsp3) is 0.643. The molecule has 0 atom stereocenters. The van der Waals surface area contributed by atoms with E-state index in [0.29, 0.717) is 0 Å². The Labute approximate surface area is 103 Å². The molecule has 0 spiro atoms. The zero-order valence-corrected chi connectivity index (χ0v) is 10.4. The largest absolute Gasteiger partial charge is 0.394 e. The molecule has 0 unspecified atom stereocenters. The molecule has 1 saturated carbocycles. The first kappa shape index (κ1) is 12.5. The van der Waals surface area contributed by atoms with E-state index in [1.54, 1.807) is 0 Å². The highest BCUT2D eigenvalue weighted by atomic mass is 16.3. The number of aliphatic hydroxyl groups is 1. The van der Waals surface area contributed by atoms with Crippen LogP contribution >= 0.6 is 0 Å². The third-order valence-electron chi connectivity index (χ3n) is 3.78. The summed E-state index contributed by atoms with van der Waals surface area (Å²) >= 11 is 0. The number of pyridine rings is 1. The molecule has 0 aromatic carbocycles. The van der Waals surface area contributed by atoms with E-state index in [1.807, 2.05) is 24.5 Å². The molecule has 1 fully saturated rings. The fourth-order valence-electron chi connectivity index (χ4n) is 2.64. The Kier molecular flexibility index (Phi) is 4.51. The minimum atomic E-state index is -0.00865. The van der Waals surface area contributed by atoms with E-state index in [9.17, 15) is 5.11 Å². The molecule has 0 amide bonds. The van der Waals surface area contributed by atoms with Crippen molar-refractivity contribution in [2.24, 2.45) is 0 Å². The van der Waals surface area contributed by atoms with Crippen LogP contribution in [0.15, 0.2) is 24.5 Å². The van der Waals surface area contributed by atoms with E-state index in [0.717, 1.165) is 25.8 Å². The molecule has 1 heterocycles. The van der Waals surface area contributed by atoms with Crippen LogP contribution < -0.4 is 5.32 Å². The lowest BCUT2D eigenvalue weighted by Gasteiger charge is -2.36. The van der Waals surface area contributed by atoms with Crippen molar-refractivity contribution in [3.8, 4) is 0 Å². The van der Waals surface area contributed by atoms with E-state index in [-0.39, 0.29) is 12.1 Å². The Morgan fingerprint density at radius 2 is 1.88 bits per heavy atom. The van der Waals surface area contributed by atoms with Gasteiger partial charge in [-0.15, -0.1) is 0 Å². The summed E-state index contributed by atoms with van der Waals surface area (Å²) in [5.41, 5.74) is 1.29. The molecule has 0 aliphatic heterocycles. The normalized spacial score (nSPS) is 19.1. The molecule has 1 aliphatic carbocycles. The Bertz CT molecular complexity index is 320. The Hall–Kier alpha value is -0.930. The maximum atomic E-state index is 9.57. The Balaban J connectivity index is 1.80. The van der Waals surface area contributed by atoms with Gasteiger partial charge in [-0.05, 0) is 43.5 Å². The standard InChI is InChI=1S/C14H22N2O/c17-12-14(7-2-1-3-8-14)16-11-6-13-4-9-15-10-5-13/h4-5,9-10,16-17H,1-3,6-8,11-12H2. The molecule has 0 bridgehead atoms. The highest BCUT2D eigenvalue weighted by molar-refractivity contribution is 5.10. The monoisotopic (exact) mass is 234 g/mol. The lowest BCUT2D eigenvalue weighted by molar-refractivity contribution is 0.122. The van der Waals surface area contributed by atoms with Gasteiger partial charge in [-0.1, -0.05) is 19.3 Å². The van der Waals surface area contributed by atoms with Crippen molar-refractivity contribution in [1.29, 1.82) is 0 Å². The van der Waals surface area contributed by atoms with E-state index < -0.39 is 0 Å². The average Bonchev–Trinajstić information content (AvgIpc) is 2.41. The molecule has 94 valence electrons. The SMILES string of the molecule is OCC1(NCCc2ccncc2)CCCCC1. The van der Waals surface area contributed by atoms with Crippen molar-refractivity contribution >= 4 is 0 Å². The van der Waals surface area contributed by atoms with Crippen LogP contribution in [0.25, 0.3) is 0 Å². The van der Waals surface area contributed by atoms with Gasteiger partial charge in [0, 0.05) is 17.9 Å². The predicted molar refractivity (Wildman–Crippen MR) is 68.8 cm³/mol. The van der Waals surface area contributed by atoms with Gasteiger partial charge in [0.05, 0.1) is 6.61 Å². The highest BCUT2D eigenvalue weighted by Crippen LogP contribution is 2.27. The second-order valence-corrected chi connectivity index (χ2v) is 5.03. The van der Waals surface area contributed by atoms with Crippen LogP contribution in [0.3, 0.4) is 0 Å². The van der Waals surface area contributed by atoms with Gasteiger partial charge < -0.3 is 10.4 Å². The highest BCUT2D eigenvalue weighted by Gasteiger charge is 2.30. The zero-order chi connectivity index (χ0) is 12.0. The molecule has 0 saturated heterocycles. The van der Waals surface area contributed by atoms with Gasteiger partial charge in [-0.3, -0.25) is 4.98 Å². The number of hydrogen-bond donors (Lipinski definition) is 2. The first-order chi connectivity index (χ1) is 8.35. The smallest absolute Gasteiger partial charge is 0.0613 e. The molecule has 2 rings (SSSR count). The first-order valence-electron chi connectivity index (χ1n) is 6.59. The zero-order valence-electron chi connectivity index (χ0n) is 10.4. The summed E-state index contributed by atoms with van der Waals surface area (Å²) in [6.07, 6.45) is 10.7. The lowest BCUT2D eigenvalue weighted by Crippen LogP contribution is -2.50. The Morgan fingerprint density at radius 3 is 2.53 bits per heavy atom. The third kappa shape index (κ3) is 3.51. The molecule has 3 heteroatoms. The minimum absolute atomic E-state index is 0.00865. The van der Waals surface area contributed by atoms with Gasteiger partial charge in [0.1, 0.15) is 0 Å². The fourth-order valence-corrected chi connectivity index (χ4v) is 2.64. The van der Waals surface area contributed by atoms with E-state index in [4.69, 9.17) is 0 Å². The number of aliphatic hydroxyl groups excluding tert-OH is 1. The summed E-state index contributed by atoms with van der Waals surface area (Å²) in [6.45, 7) is 1.20. The van der Waals surface area contributed by atoms with Crippen molar-refractivity contribution in [3.05, 3.63) is 30.1 Å².